The summed E-state index contributed by atoms with van der Waals surface area (Å²) in [5.41, 5.74) is 4.97. The van der Waals surface area contributed by atoms with Crippen molar-refractivity contribution in [2.45, 2.75) is 0 Å². The third-order valence-electron chi connectivity index (χ3n) is 0.869. The molecule has 0 aliphatic heterocycles. The summed E-state index contributed by atoms with van der Waals surface area (Å²) in [5, 5.41) is 2.38. The molecule has 0 aliphatic carbocycles. The maximum Gasteiger partial charge on any atom is 1.00 e. The molecule has 0 heterocycles. The first-order chi connectivity index (χ1) is 5.45. The second-order valence-electron chi connectivity index (χ2n) is 1.88. The van der Waals surface area contributed by atoms with Crippen LogP contribution in [0.4, 0.5) is 0 Å². The maximum atomic E-state index is 10.5. The number of nitrogens with two attached hydrogens (primary N) is 1. The molecule has 0 saturated carbocycles. The molecule has 0 aliphatic rings. The van der Waals surface area contributed by atoms with E-state index in [0.717, 1.165) is 0 Å². The molecule has 0 atom stereocenters. The monoisotopic (exact) mass is 238 g/mol. The van der Waals surface area contributed by atoms with Crippen molar-refractivity contribution in [2.75, 3.05) is 18.8 Å². The second kappa shape index (κ2) is 8.26. The molecule has 13 heavy (non-hydrogen) atoms. The van der Waals surface area contributed by atoms with E-state index in [2.05, 4.69) is 5.32 Å². The minimum atomic E-state index is -4.00. The molecule has 0 saturated heterocycles. The van der Waals surface area contributed by atoms with Gasteiger partial charge in [-0.05, 0) is 11.4 Å². The van der Waals surface area contributed by atoms with Gasteiger partial charge in [-0.15, -0.1) is 0 Å². The first kappa shape index (κ1) is 16.4. The van der Waals surface area contributed by atoms with Gasteiger partial charge in [-0.2, -0.15) is 0 Å². The summed E-state index contributed by atoms with van der Waals surface area (Å²) in [7, 11) is 0. The van der Waals surface area contributed by atoms with E-state index in [1.54, 1.807) is 0 Å². The normalized spacial score (nSPS) is 10.4. The topological polar surface area (TPSA) is 113 Å². The van der Waals surface area contributed by atoms with Crippen LogP contribution < -0.4 is 40.6 Å². The summed E-state index contributed by atoms with van der Waals surface area (Å²) >= 11 is 0.497. The van der Waals surface area contributed by atoms with Crippen LogP contribution >= 0.6 is 18.2 Å². The third kappa shape index (κ3) is 12.9. The quantitative estimate of drug-likeness (QED) is 0.221. The molecule has 0 spiro atoms. The Bertz CT molecular complexity index is 204. The van der Waals surface area contributed by atoms with E-state index >= 15 is 0 Å². The number of nitrogens with one attached hydrogen (secondary N) is 1. The molecule has 0 aromatic heterocycles. The van der Waals surface area contributed by atoms with Gasteiger partial charge in [-0.3, -0.25) is 4.79 Å². The zero-order valence-corrected chi connectivity index (χ0v) is 11.0. The van der Waals surface area contributed by atoms with Crippen LogP contribution in [-0.2, 0) is 9.36 Å². The summed E-state index contributed by atoms with van der Waals surface area (Å²) in [6.07, 6.45) is 0. The third-order valence-corrected chi connectivity index (χ3v) is 3.15. The Morgan fingerprint density at radius 3 is 2.54 bits per heavy atom. The van der Waals surface area contributed by atoms with E-state index in [9.17, 15) is 9.36 Å². The van der Waals surface area contributed by atoms with E-state index in [-0.39, 0.29) is 55.7 Å². The fraction of sp³-hybridized carbons (Fsp3) is 0.750. The molecule has 0 bridgehead atoms. The van der Waals surface area contributed by atoms with Crippen molar-refractivity contribution in [1.82, 2.24) is 5.32 Å². The molecule has 0 unspecified atom stereocenters. The van der Waals surface area contributed by atoms with E-state index in [4.69, 9.17) is 15.5 Å². The van der Waals surface area contributed by atoms with Crippen LogP contribution in [0.3, 0.4) is 0 Å². The van der Waals surface area contributed by atoms with E-state index in [0.29, 0.717) is 11.4 Å². The minimum absolute atomic E-state index is 0. The van der Waals surface area contributed by atoms with Gasteiger partial charge in [0.2, 0.25) is 5.91 Å². The number of carbonyl (C=O) groups is 1. The molecule has 74 valence electrons. The van der Waals surface area contributed by atoms with Crippen molar-refractivity contribution >= 4 is 24.1 Å². The van der Waals surface area contributed by atoms with Gasteiger partial charge in [-0.1, -0.05) is 0 Å². The fourth-order valence-corrected chi connectivity index (χ4v) is 1.85. The fourth-order valence-electron chi connectivity index (χ4n) is 0.427. The van der Waals surface area contributed by atoms with Gasteiger partial charge in [0.15, 0.2) is 0 Å². The van der Waals surface area contributed by atoms with Crippen LogP contribution in [0.15, 0.2) is 0 Å². The molecule has 0 radical (unpaired) electrons. The van der Waals surface area contributed by atoms with Crippen molar-refractivity contribution in [3.05, 3.63) is 0 Å². The minimum Gasteiger partial charge on any atom is -1.00 e. The molecule has 9 heteroatoms. The Kier molecular flexibility index (Phi) is 10.4. The van der Waals surface area contributed by atoms with Crippen LogP contribution in [0.5, 0.6) is 0 Å². The Morgan fingerprint density at radius 2 is 2.15 bits per heavy atom. The van der Waals surface area contributed by atoms with Crippen LogP contribution in [0.2, 0.25) is 0 Å². The SMILES string of the molecule is NCC(=O)NCCSP(=O)(O)O.[H-].[Na+]. The number of rotatable bonds is 5. The molecule has 0 fully saturated rings. The van der Waals surface area contributed by atoms with Gasteiger partial charge < -0.3 is 22.3 Å². The summed E-state index contributed by atoms with van der Waals surface area (Å²) in [5.74, 6) is -0.156. The predicted octanol–water partition coefficient (Wildman–Crippen LogP) is -4.00. The largest absolute Gasteiger partial charge is 1.00 e. The summed E-state index contributed by atoms with van der Waals surface area (Å²) in [6, 6.07) is 0. The number of carbonyl (C=O) groups excluding carboxylic acids is 1. The predicted molar refractivity (Wildman–Crippen MR) is 47.7 cm³/mol. The Hall–Kier alpha value is 0.930. The molecular weight excluding hydrogens is 226 g/mol. The molecule has 0 rings (SSSR count). The van der Waals surface area contributed by atoms with Crippen molar-refractivity contribution in [3.63, 3.8) is 0 Å². The standard InChI is InChI=1S/C4H11N2O4PS.Na.H/c5-3-4(7)6-1-2-12-11(8,9)10;;/h1-3,5H2,(H,6,7)(H2,8,9,10);;/q;+1;-1. The van der Waals surface area contributed by atoms with Gasteiger partial charge in [0, 0.05) is 12.3 Å². The van der Waals surface area contributed by atoms with Crippen LogP contribution in [0.1, 0.15) is 1.43 Å². The molecule has 5 N–H and O–H groups in total. The molecule has 0 aromatic carbocycles. The van der Waals surface area contributed by atoms with Crippen molar-refractivity contribution in [2.24, 2.45) is 5.73 Å². The number of hydrogen-bond donors (Lipinski definition) is 4. The maximum absolute atomic E-state index is 10.5. The Balaban J connectivity index is -0.000000605. The van der Waals surface area contributed by atoms with Gasteiger partial charge in [0.05, 0.1) is 6.54 Å². The molecular formula is C4H12N2NaO4PS. The number of amides is 1. The van der Waals surface area contributed by atoms with Gasteiger partial charge in [0.1, 0.15) is 0 Å². The zero-order valence-electron chi connectivity index (χ0n) is 8.27. The average molecular weight is 238 g/mol. The first-order valence-corrected chi connectivity index (χ1v) is 6.33. The van der Waals surface area contributed by atoms with E-state index < -0.39 is 6.80 Å². The Morgan fingerprint density at radius 1 is 1.62 bits per heavy atom. The second-order valence-corrected chi connectivity index (χ2v) is 5.73. The molecule has 0 aromatic rings. The number of hydrogen-bond acceptors (Lipinski definition) is 4. The van der Waals surface area contributed by atoms with E-state index in [1.807, 2.05) is 0 Å². The molecule has 6 nitrogen and oxygen atoms in total. The van der Waals surface area contributed by atoms with Crippen LogP contribution in [0.25, 0.3) is 0 Å². The average Bonchev–Trinajstić information content (AvgIpc) is 1.96. The van der Waals surface area contributed by atoms with Crippen LogP contribution in [0, 0.1) is 0 Å². The van der Waals surface area contributed by atoms with Crippen molar-refractivity contribution < 1.29 is 50.1 Å². The zero-order chi connectivity index (χ0) is 9.61. The van der Waals surface area contributed by atoms with E-state index in [1.165, 1.54) is 0 Å². The summed E-state index contributed by atoms with van der Waals surface area (Å²) in [4.78, 5) is 27.3. The molecule has 1 amide bonds. The van der Waals surface area contributed by atoms with Gasteiger partial charge in [-0.25, -0.2) is 4.57 Å². The van der Waals surface area contributed by atoms with Crippen molar-refractivity contribution in [3.8, 4) is 0 Å². The van der Waals surface area contributed by atoms with Crippen LogP contribution in [-0.4, -0.2) is 34.5 Å². The van der Waals surface area contributed by atoms with Crippen molar-refractivity contribution in [1.29, 1.82) is 0 Å². The first-order valence-electron chi connectivity index (χ1n) is 3.12. The summed E-state index contributed by atoms with van der Waals surface area (Å²) < 4.78 is 10.3. The summed E-state index contributed by atoms with van der Waals surface area (Å²) in [6.45, 7) is -3.90. The van der Waals surface area contributed by atoms with Gasteiger partial charge >= 0.3 is 36.4 Å². The Labute approximate surface area is 104 Å². The van der Waals surface area contributed by atoms with Gasteiger partial charge in [0.25, 0.3) is 0 Å². The smallest absolute Gasteiger partial charge is 1.00 e.